The summed E-state index contributed by atoms with van der Waals surface area (Å²) < 4.78 is 10.4. The number of methoxy groups -OCH3 is 2. The Bertz CT molecular complexity index is 1180. The first-order valence-electron chi connectivity index (χ1n) is 9.53. The van der Waals surface area contributed by atoms with Gasteiger partial charge in [-0.15, -0.1) is 16.4 Å². The molecule has 0 aliphatic carbocycles. The summed E-state index contributed by atoms with van der Waals surface area (Å²) in [4.78, 5) is 22.2. The van der Waals surface area contributed by atoms with E-state index in [4.69, 9.17) is 9.47 Å². The van der Waals surface area contributed by atoms with E-state index in [0.29, 0.717) is 22.8 Å². The van der Waals surface area contributed by atoms with Crippen LogP contribution in [0.3, 0.4) is 0 Å². The summed E-state index contributed by atoms with van der Waals surface area (Å²) in [5.41, 5.74) is 2.63. The number of benzene rings is 2. The smallest absolute Gasteiger partial charge is 0.270 e. The first kappa shape index (κ1) is 20.5. The number of aryl methyl sites for hydroxylation is 1. The molecule has 0 radical (unpaired) electrons. The molecule has 0 fully saturated rings. The minimum atomic E-state index is -0.287. The van der Waals surface area contributed by atoms with Crippen molar-refractivity contribution in [3.63, 3.8) is 0 Å². The first-order chi connectivity index (χ1) is 15.1. The maximum absolute atomic E-state index is 12.7. The van der Waals surface area contributed by atoms with Gasteiger partial charge in [-0.25, -0.2) is 4.98 Å². The van der Waals surface area contributed by atoms with Crippen molar-refractivity contribution >= 4 is 23.2 Å². The minimum absolute atomic E-state index is 0.229. The molecule has 2 aromatic heterocycles. The third-order valence-electron chi connectivity index (χ3n) is 4.63. The standard InChI is InChI=1S/C22H21N5O3S/c1-13-19(31-21(23-13)15-6-10-17(30-3)11-7-15)20(28)25-22-24-18(26-27-22)12-14-4-8-16(29-2)9-5-14/h4-11H,12H2,1-3H3,(H2,24,25,26,27,28). The quantitative estimate of drug-likeness (QED) is 0.453. The number of thiazole rings is 1. The predicted molar refractivity (Wildman–Crippen MR) is 119 cm³/mol. The lowest BCUT2D eigenvalue weighted by atomic mass is 10.1. The number of rotatable bonds is 7. The number of aromatic nitrogens is 4. The van der Waals surface area contributed by atoms with Gasteiger partial charge in [0, 0.05) is 12.0 Å². The maximum Gasteiger partial charge on any atom is 0.270 e. The van der Waals surface area contributed by atoms with Crippen LogP contribution < -0.4 is 14.8 Å². The number of ether oxygens (including phenoxy) is 2. The van der Waals surface area contributed by atoms with Gasteiger partial charge in [0.1, 0.15) is 27.2 Å². The van der Waals surface area contributed by atoms with E-state index in [-0.39, 0.29) is 11.9 Å². The molecular formula is C22H21N5O3S. The van der Waals surface area contributed by atoms with Crippen molar-refractivity contribution < 1.29 is 14.3 Å². The lowest BCUT2D eigenvalue weighted by Gasteiger charge is -2.01. The van der Waals surface area contributed by atoms with Gasteiger partial charge in [0.2, 0.25) is 5.95 Å². The van der Waals surface area contributed by atoms with Crippen LogP contribution in [0.2, 0.25) is 0 Å². The SMILES string of the molecule is COc1ccc(Cc2nc(NC(=O)c3sc(-c4ccc(OC)cc4)nc3C)n[nH]2)cc1. The Morgan fingerprint density at radius 3 is 2.29 bits per heavy atom. The Kier molecular flexibility index (Phi) is 5.94. The van der Waals surface area contributed by atoms with E-state index in [2.05, 4.69) is 25.5 Å². The largest absolute Gasteiger partial charge is 0.497 e. The van der Waals surface area contributed by atoms with E-state index in [1.165, 1.54) is 11.3 Å². The zero-order valence-corrected chi connectivity index (χ0v) is 18.1. The van der Waals surface area contributed by atoms with Crippen LogP contribution in [0.4, 0.5) is 5.95 Å². The van der Waals surface area contributed by atoms with Crippen LogP contribution in [0.5, 0.6) is 11.5 Å². The van der Waals surface area contributed by atoms with Gasteiger partial charge >= 0.3 is 0 Å². The molecule has 4 aromatic rings. The summed E-state index contributed by atoms with van der Waals surface area (Å²) in [6.45, 7) is 1.81. The summed E-state index contributed by atoms with van der Waals surface area (Å²) in [6.07, 6.45) is 0.564. The fourth-order valence-corrected chi connectivity index (χ4v) is 3.96. The molecule has 0 aliphatic rings. The number of hydrogen-bond donors (Lipinski definition) is 2. The van der Waals surface area contributed by atoms with E-state index >= 15 is 0 Å². The van der Waals surface area contributed by atoms with Crippen LogP contribution in [0.25, 0.3) is 10.6 Å². The van der Waals surface area contributed by atoms with Crippen LogP contribution in [-0.4, -0.2) is 40.3 Å². The van der Waals surface area contributed by atoms with Crippen molar-refractivity contribution in [1.82, 2.24) is 20.2 Å². The highest BCUT2D eigenvalue weighted by molar-refractivity contribution is 7.17. The number of amides is 1. The number of carbonyl (C=O) groups is 1. The van der Waals surface area contributed by atoms with E-state index in [9.17, 15) is 4.79 Å². The first-order valence-corrected chi connectivity index (χ1v) is 10.3. The summed E-state index contributed by atoms with van der Waals surface area (Å²) in [6, 6.07) is 15.3. The lowest BCUT2D eigenvalue weighted by molar-refractivity contribution is 0.102. The fraction of sp³-hybridized carbons (Fsp3) is 0.182. The Morgan fingerprint density at radius 2 is 1.65 bits per heavy atom. The van der Waals surface area contributed by atoms with Crippen molar-refractivity contribution in [2.24, 2.45) is 0 Å². The second kappa shape index (κ2) is 8.97. The Hall–Kier alpha value is -3.72. The molecule has 2 aromatic carbocycles. The van der Waals surface area contributed by atoms with Gasteiger partial charge in [-0.1, -0.05) is 12.1 Å². The Labute approximate surface area is 183 Å². The highest BCUT2D eigenvalue weighted by Crippen LogP contribution is 2.29. The third kappa shape index (κ3) is 4.72. The maximum atomic E-state index is 12.7. The number of aromatic amines is 1. The molecule has 0 unspecified atom stereocenters. The average molecular weight is 436 g/mol. The second-order valence-corrected chi connectivity index (χ2v) is 7.75. The minimum Gasteiger partial charge on any atom is -0.497 e. The lowest BCUT2D eigenvalue weighted by Crippen LogP contribution is -2.12. The highest BCUT2D eigenvalue weighted by atomic mass is 32.1. The van der Waals surface area contributed by atoms with Crippen LogP contribution in [0.15, 0.2) is 48.5 Å². The van der Waals surface area contributed by atoms with Crippen molar-refractivity contribution in [3.8, 4) is 22.1 Å². The number of anilines is 1. The number of nitrogens with one attached hydrogen (secondary N) is 2. The number of nitrogens with zero attached hydrogens (tertiary/aromatic N) is 3. The molecule has 0 spiro atoms. The van der Waals surface area contributed by atoms with Gasteiger partial charge in [-0.05, 0) is 48.9 Å². The molecular weight excluding hydrogens is 414 g/mol. The molecule has 0 saturated carbocycles. The molecule has 0 bridgehead atoms. The molecule has 9 heteroatoms. The van der Waals surface area contributed by atoms with Crippen LogP contribution >= 0.6 is 11.3 Å². The number of hydrogen-bond acceptors (Lipinski definition) is 7. The van der Waals surface area contributed by atoms with Gasteiger partial charge in [-0.2, -0.15) is 4.98 Å². The molecule has 0 aliphatic heterocycles. The summed E-state index contributed by atoms with van der Waals surface area (Å²) in [7, 11) is 3.25. The van der Waals surface area contributed by atoms with Gasteiger partial charge in [0.15, 0.2) is 0 Å². The van der Waals surface area contributed by atoms with Gasteiger partial charge in [0.25, 0.3) is 5.91 Å². The van der Waals surface area contributed by atoms with Crippen molar-refractivity contribution in [3.05, 3.63) is 70.5 Å². The monoisotopic (exact) mass is 435 g/mol. The average Bonchev–Trinajstić information content (AvgIpc) is 3.40. The second-order valence-electron chi connectivity index (χ2n) is 6.75. The van der Waals surface area contributed by atoms with Gasteiger partial charge in [-0.3, -0.25) is 15.2 Å². The zero-order chi connectivity index (χ0) is 21.8. The van der Waals surface area contributed by atoms with Crippen LogP contribution in [0.1, 0.15) is 26.8 Å². The molecule has 2 N–H and O–H groups in total. The molecule has 0 saturated heterocycles. The van der Waals surface area contributed by atoms with Crippen molar-refractivity contribution in [2.45, 2.75) is 13.3 Å². The van der Waals surface area contributed by atoms with Gasteiger partial charge in [0.05, 0.1) is 19.9 Å². The Morgan fingerprint density at radius 1 is 1.00 bits per heavy atom. The van der Waals surface area contributed by atoms with Crippen molar-refractivity contribution in [2.75, 3.05) is 19.5 Å². The fourth-order valence-electron chi connectivity index (χ4n) is 2.99. The molecule has 158 valence electrons. The molecule has 31 heavy (non-hydrogen) atoms. The molecule has 1 amide bonds. The van der Waals surface area contributed by atoms with Crippen LogP contribution in [-0.2, 0) is 6.42 Å². The van der Waals surface area contributed by atoms with Crippen LogP contribution in [0, 0.1) is 6.92 Å². The summed E-state index contributed by atoms with van der Waals surface area (Å²) in [5.74, 6) is 2.16. The van der Waals surface area contributed by atoms with E-state index < -0.39 is 0 Å². The van der Waals surface area contributed by atoms with E-state index in [1.54, 1.807) is 14.2 Å². The number of carbonyl (C=O) groups excluding carboxylic acids is 1. The highest BCUT2D eigenvalue weighted by Gasteiger charge is 2.18. The van der Waals surface area contributed by atoms with Crippen molar-refractivity contribution in [1.29, 1.82) is 0 Å². The molecule has 4 rings (SSSR count). The zero-order valence-electron chi connectivity index (χ0n) is 17.3. The topological polar surface area (TPSA) is 102 Å². The third-order valence-corrected chi connectivity index (χ3v) is 5.83. The summed E-state index contributed by atoms with van der Waals surface area (Å²) >= 11 is 1.32. The normalized spacial score (nSPS) is 10.7. The molecule has 0 atom stereocenters. The molecule has 8 nitrogen and oxygen atoms in total. The number of H-pyrrole nitrogens is 1. The van der Waals surface area contributed by atoms with Gasteiger partial charge < -0.3 is 9.47 Å². The molecule has 2 heterocycles. The van der Waals surface area contributed by atoms with E-state index in [0.717, 1.165) is 27.6 Å². The van der Waals surface area contributed by atoms with E-state index in [1.807, 2.05) is 55.5 Å². The Balaban J connectivity index is 1.44. The predicted octanol–water partition coefficient (Wildman–Crippen LogP) is 4.10. The summed E-state index contributed by atoms with van der Waals surface area (Å²) in [5, 5.41) is 10.5.